The maximum absolute atomic E-state index is 4.67. The van der Waals surface area contributed by atoms with Gasteiger partial charge in [-0.2, -0.15) is 9.36 Å². The zero-order valence-electron chi connectivity index (χ0n) is 10.7. The van der Waals surface area contributed by atoms with E-state index in [0.717, 1.165) is 29.5 Å². The van der Waals surface area contributed by atoms with E-state index in [-0.39, 0.29) is 0 Å². The van der Waals surface area contributed by atoms with Crippen molar-refractivity contribution < 1.29 is 0 Å². The van der Waals surface area contributed by atoms with Crippen molar-refractivity contribution in [1.29, 1.82) is 0 Å². The molecule has 1 aliphatic rings. The van der Waals surface area contributed by atoms with Crippen LogP contribution in [0.3, 0.4) is 0 Å². The van der Waals surface area contributed by atoms with Crippen LogP contribution in [-0.4, -0.2) is 20.9 Å². The van der Waals surface area contributed by atoms with Crippen LogP contribution in [0.5, 0.6) is 0 Å². The van der Waals surface area contributed by atoms with E-state index < -0.39 is 0 Å². The van der Waals surface area contributed by atoms with E-state index in [0.29, 0.717) is 0 Å². The van der Waals surface area contributed by atoms with E-state index in [4.69, 9.17) is 0 Å². The van der Waals surface area contributed by atoms with E-state index in [2.05, 4.69) is 19.2 Å². The maximum atomic E-state index is 4.67. The molecule has 2 aromatic heterocycles. The first-order chi connectivity index (χ1) is 9.92. The molecule has 20 heavy (non-hydrogen) atoms. The summed E-state index contributed by atoms with van der Waals surface area (Å²) in [5.41, 5.74) is 3.55. The van der Waals surface area contributed by atoms with Gasteiger partial charge < -0.3 is 4.90 Å². The maximum Gasteiger partial charge on any atom is 0.210 e. The van der Waals surface area contributed by atoms with Crippen LogP contribution in [0, 0.1) is 0 Å². The largest absolute Gasteiger partial charge is 0.316 e. The summed E-state index contributed by atoms with van der Waals surface area (Å²) in [4.78, 5) is 11.1. The van der Waals surface area contributed by atoms with Gasteiger partial charge in [0, 0.05) is 41.7 Å². The van der Waals surface area contributed by atoms with Crippen LogP contribution in [0.15, 0.2) is 48.8 Å². The number of pyridine rings is 1. The van der Waals surface area contributed by atoms with Gasteiger partial charge in [0.25, 0.3) is 0 Å². The molecule has 1 aliphatic heterocycles. The van der Waals surface area contributed by atoms with Crippen molar-refractivity contribution in [3.8, 4) is 11.4 Å². The van der Waals surface area contributed by atoms with Crippen molar-refractivity contribution in [3.63, 3.8) is 0 Å². The molecule has 4 nitrogen and oxygen atoms in total. The number of hydrogen-bond donors (Lipinski definition) is 0. The average molecular weight is 280 g/mol. The Morgan fingerprint density at radius 3 is 2.90 bits per heavy atom. The Morgan fingerprint density at radius 2 is 2.00 bits per heavy atom. The van der Waals surface area contributed by atoms with Crippen molar-refractivity contribution in [3.05, 3.63) is 54.4 Å². The molecule has 0 fully saturated rings. The molecule has 0 saturated carbocycles. The standard InChI is InChI=1S/C15H12N4S/c1-2-4-11(5-3-1)14-17-15(20-18-14)19-9-7-12-10-16-8-6-13(12)19/h1-6,8,10H,7,9H2. The van der Waals surface area contributed by atoms with Gasteiger partial charge >= 0.3 is 0 Å². The molecule has 0 saturated heterocycles. The van der Waals surface area contributed by atoms with E-state index in [1.165, 1.54) is 22.8 Å². The predicted octanol–water partition coefficient (Wildman–Crippen LogP) is 3.29. The quantitative estimate of drug-likeness (QED) is 0.722. The highest BCUT2D eigenvalue weighted by atomic mass is 32.1. The first-order valence-electron chi connectivity index (χ1n) is 6.51. The first-order valence-corrected chi connectivity index (χ1v) is 7.29. The van der Waals surface area contributed by atoms with Crippen molar-refractivity contribution in [2.75, 3.05) is 11.4 Å². The Morgan fingerprint density at radius 1 is 1.10 bits per heavy atom. The Kier molecular flexibility index (Phi) is 2.70. The van der Waals surface area contributed by atoms with Gasteiger partial charge in [0.1, 0.15) is 0 Å². The van der Waals surface area contributed by atoms with Gasteiger partial charge in [-0.15, -0.1) is 0 Å². The minimum Gasteiger partial charge on any atom is -0.316 e. The molecule has 3 heterocycles. The average Bonchev–Trinajstić information content (AvgIpc) is 3.14. The number of anilines is 2. The molecule has 5 heteroatoms. The third-order valence-electron chi connectivity index (χ3n) is 3.45. The van der Waals surface area contributed by atoms with E-state index in [1.54, 1.807) is 0 Å². The lowest BCUT2D eigenvalue weighted by Crippen LogP contribution is -2.12. The zero-order valence-corrected chi connectivity index (χ0v) is 11.5. The van der Waals surface area contributed by atoms with Crippen LogP contribution in [0.2, 0.25) is 0 Å². The number of nitrogens with zero attached hydrogens (tertiary/aromatic N) is 4. The molecule has 0 bridgehead atoms. The summed E-state index contributed by atoms with van der Waals surface area (Å²) in [5, 5.41) is 0.953. The summed E-state index contributed by atoms with van der Waals surface area (Å²) in [6.45, 7) is 0.949. The molecular formula is C15H12N4S. The predicted molar refractivity (Wildman–Crippen MR) is 80.3 cm³/mol. The molecular weight excluding hydrogens is 268 g/mol. The molecule has 0 aliphatic carbocycles. The molecule has 0 atom stereocenters. The summed E-state index contributed by atoms with van der Waals surface area (Å²) in [6.07, 6.45) is 4.79. The van der Waals surface area contributed by atoms with Crippen LogP contribution < -0.4 is 4.90 Å². The topological polar surface area (TPSA) is 41.9 Å². The third-order valence-corrected chi connectivity index (χ3v) is 4.19. The Labute approximate surface area is 120 Å². The summed E-state index contributed by atoms with van der Waals surface area (Å²) >= 11 is 1.45. The smallest absolute Gasteiger partial charge is 0.210 e. The summed E-state index contributed by atoms with van der Waals surface area (Å²) in [7, 11) is 0. The van der Waals surface area contributed by atoms with Gasteiger partial charge in [0.05, 0.1) is 0 Å². The number of benzene rings is 1. The lowest BCUT2D eigenvalue weighted by molar-refractivity contribution is 0.988. The molecule has 3 aromatic rings. The van der Waals surface area contributed by atoms with Crippen LogP contribution in [0.1, 0.15) is 5.56 Å². The summed E-state index contributed by atoms with van der Waals surface area (Å²) < 4.78 is 4.48. The lowest BCUT2D eigenvalue weighted by atomic mass is 10.2. The lowest BCUT2D eigenvalue weighted by Gasteiger charge is -2.14. The normalized spacial score (nSPS) is 13.5. The number of fused-ring (bicyclic) bond motifs is 1. The second-order valence-corrected chi connectivity index (χ2v) is 5.40. The van der Waals surface area contributed by atoms with Crippen molar-refractivity contribution in [2.24, 2.45) is 0 Å². The highest BCUT2D eigenvalue weighted by Gasteiger charge is 2.23. The molecule has 4 rings (SSSR count). The van der Waals surface area contributed by atoms with Gasteiger partial charge in [-0.1, -0.05) is 30.3 Å². The second-order valence-electron chi connectivity index (χ2n) is 4.67. The van der Waals surface area contributed by atoms with E-state index >= 15 is 0 Å². The Hall–Kier alpha value is -2.27. The fourth-order valence-corrected chi connectivity index (χ4v) is 3.19. The van der Waals surface area contributed by atoms with Crippen LogP contribution in [0.4, 0.5) is 10.8 Å². The van der Waals surface area contributed by atoms with Crippen LogP contribution in [-0.2, 0) is 6.42 Å². The van der Waals surface area contributed by atoms with E-state index in [9.17, 15) is 0 Å². The third kappa shape index (κ3) is 1.87. The SMILES string of the molecule is c1ccc(-c2nsc(N3CCc4cnccc43)n2)cc1. The number of rotatable bonds is 2. The summed E-state index contributed by atoms with van der Waals surface area (Å²) in [5.74, 6) is 0.799. The van der Waals surface area contributed by atoms with Crippen molar-refractivity contribution in [2.45, 2.75) is 6.42 Å². The van der Waals surface area contributed by atoms with Crippen LogP contribution in [0.25, 0.3) is 11.4 Å². The number of aromatic nitrogens is 3. The fourth-order valence-electron chi connectivity index (χ4n) is 2.46. The number of hydrogen-bond acceptors (Lipinski definition) is 5. The minimum absolute atomic E-state index is 0.799. The van der Waals surface area contributed by atoms with Gasteiger partial charge in [0.2, 0.25) is 5.13 Å². The second kappa shape index (κ2) is 4.68. The zero-order chi connectivity index (χ0) is 13.4. The Balaban J connectivity index is 1.70. The molecule has 0 amide bonds. The van der Waals surface area contributed by atoms with Crippen molar-refractivity contribution in [1.82, 2.24) is 14.3 Å². The molecule has 98 valence electrons. The van der Waals surface area contributed by atoms with Gasteiger partial charge in [-0.25, -0.2) is 0 Å². The van der Waals surface area contributed by atoms with Gasteiger partial charge in [0.15, 0.2) is 5.82 Å². The Bertz CT molecular complexity index is 738. The first kappa shape index (κ1) is 11.5. The highest BCUT2D eigenvalue weighted by Crippen LogP contribution is 2.35. The summed E-state index contributed by atoms with van der Waals surface area (Å²) in [6, 6.07) is 12.1. The van der Waals surface area contributed by atoms with Gasteiger partial charge in [-0.05, 0) is 18.1 Å². The van der Waals surface area contributed by atoms with E-state index in [1.807, 2.05) is 48.8 Å². The van der Waals surface area contributed by atoms with Crippen LogP contribution >= 0.6 is 11.5 Å². The fraction of sp³-hybridized carbons (Fsp3) is 0.133. The minimum atomic E-state index is 0.799. The monoisotopic (exact) mass is 280 g/mol. The van der Waals surface area contributed by atoms with Gasteiger partial charge in [-0.3, -0.25) is 4.98 Å². The molecule has 0 unspecified atom stereocenters. The molecule has 0 N–H and O–H groups in total. The van der Waals surface area contributed by atoms with Crippen molar-refractivity contribution >= 4 is 22.4 Å². The molecule has 0 spiro atoms. The molecule has 0 radical (unpaired) electrons. The molecule has 1 aromatic carbocycles. The highest BCUT2D eigenvalue weighted by molar-refractivity contribution is 7.10.